The third-order valence-corrected chi connectivity index (χ3v) is 5.17. The van der Waals surface area contributed by atoms with Crippen molar-refractivity contribution in [3.63, 3.8) is 0 Å². The van der Waals surface area contributed by atoms with Crippen molar-refractivity contribution >= 4 is 16.0 Å². The average Bonchev–Trinajstić information content (AvgIpc) is 2.59. The van der Waals surface area contributed by atoms with Crippen molar-refractivity contribution in [3.05, 3.63) is 29.8 Å². The Labute approximate surface area is 158 Å². The first-order valence-electron chi connectivity index (χ1n) is 9.50. The molecule has 6 heteroatoms. The molecule has 1 amide bonds. The summed E-state index contributed by atoms with van der Waals surface area (Å²) in [7, 11) is -3.53. The number of rotatable bonds is 11. The number of nitrogens with zero attached hydrogens (tertiary/aromatic N) is 1. The van der Waals surface area contributed by atoms with E-state index in [0.717, 1.165) is 43.9 Å². The molecular formula is C20H33NO4S. The van der Waals surface area contributed by atoms with Crippen LogP contribution in [0, 0.1) is 5.92 Å². The van der Waals surface area contributed by atoms with Crippen molar-refractivity contribution in [2.24, 2.45) is 5.92 Å². The van der Waals surface area contributed by atoms with Crippen LogP contribution < -0.4 is 4.18 Å². The maximum Gasteiger partial charge on any atom is 0.306 e. The Kier molecular flexibility index (Phi) is 9.13. The van der Waals surface area contributed by atoms with E-state index in [-0.39, 0.29) is 23.6 Å². The molecule has 1 aromatic rings. The van der Waals surface area contributed by atoms with Crippen LogP contribution in [0.5, 0.6) is 5.75 Å². The number of hydrogen-bond donors (Lipinski definition) is 0. The van der Waals surface area contributed by atoms with Crippen molar-refractivity contribution in [1.82, 2.24) is 4.90 Å². The summed E-state index contributed by atoms with van der Waals surface area (Å²) in [6.45, 7) is 8.90. The molecule has 0 saturated heterocycles. The Bertz CT molecular complexity index is 655. The third kappa shape index (κ3) is 7.36. The van der Waals surface area contributed by atoms with Crippen LogP contribution in [-0.2, 0) is 21.5 Å². The zero-order chi connectivity index (χ0) is 19.7. The van der Waals surface area contributed by atoms with Gasteiger partial charge in [0, 0.05) is 18.5 Å². The SMILES string of the molecule is CCCCC(CC)C(=O)N(Cc1ccc(OS(C)(=O)=O)cc1)C(C)CC. The zero-order valence-electron chi connectivity index (χ0n) is 16.7. The molecule has 148 valence electrons. The molecule has 0 saturated carbocycles. The van der Waals surface area contributed by atoms with Crippen LogP contribution in [-0.4, -0.2) is 31.5 Å². The largest absolute Gasteiger partial charge is 0.383 e. The van der Waals surface area contributed by atoms with Gasteiger partial charge >= 0.3 is 10.1 Å². The maximum atomic E-state index is 13.1. The first kappa shape index (κ1) is 22.5. The molecule has 0 spiro atoms. The smallest absolute Gasteiger partial charge is 0.306 e. The van der Waals surface area contributed by atoms with Gasteiger partial charge in [-0.3, -0.25) is 4.79 Å². The van der Waals surface area contributed by atoms with Crippen molar-refractivity contribution in [3.8, 4) is 5.75 Å². The van der Waals surface area contributed by atoms with Gasteiger partial charge in [0.05, 0.1) is 6.26 Å². The minimum atomic E-state index is -3.53. The molecule has 1 rings (SSSR count). The molecular weight excluding hydrogens is 350 g/mol. The number of unbranched alkanes of at least 4 members (excludes halogenated alkanes) is 1. The van der Waals surface area contributed by atoms with Crippen LogP contribution in [0.15, 0.2) is 24.3 Å². The molecule has 0 aromatic heterocycles. The Hall–Kier alpha value is -1.56. The van der Waals surface area contributed by atoms with Gasteiger partial charge in [0.1, 0.15) is 5.75 Å². The van der Waals surface area contributed by atoms with Crippen LogP contribution in [0.3, 0.4) is 0 Å². The highest BCUT2D eigenvalue weighted by atomic mass is 32.2. The normalized spacial score (nSPS) is 13.9. The molecule has 0 radical (unpaired) electrons. The molecule has 0 heterocycles. The molecule has 0 bridgehead atoms. The predicted molar refractivity (Wildman–Crippen MR) is 106 cm³/mol. The van der Waals surface area contributed by atoms with Gasteiger partial charge < -0.3 is 9.08 Å². The fourth-order valence-electron chi connectivity index (χ4n) is 2.88. The van der Waals surface area contributed by atoms with Crippen molar-refractivity contribution < 1.29 is 17.4 Å². The van der Waals surface area contributed by atoms with E-state index < -0.39 is 10.1 Å². The topological polar surface area (TPSA) is 63.7 Å². The summed E-state index contributed by atoms with van der Waals surface area (Å²) in [6.07, 6.45) is 5.86. The van der Waals surface area contributed by atoms with Gasteiger partial charge in [-0.2, -0.15) is 8.42 Å². The fraction of sp³-hybridized carbons (Fsp3) is 0.650. The van der Waals surface area contributed by atoms with Gasteiger partial charge in [0.2, 0.25) is 5.91 Å². The van der Waals surface area contributed by atoms with E-state index in [1.807, 2.05) is 17.0 Å². The summed E-state index contributed by atoms with van der Waals surface area (Å²) in [5.74, 6) is 0.565. The minimum Gasteiger partial charge on any atom is -0.383 e. The molecule has 0 aliphatic rings. The van der Waals surface area contributed by atoms with Gasteiger partial charge in [-0.1, -0.05) is 45.7 Å². The molecule has 0 N–H and O–H groups in total. The Morgan fingerprint density at radius 1 is 1.12 bits per heavy atom. The van der Waals surface area contributed by atoms with Gasteiger partial charge in [0.15, 0.2) is 0 Å². The van der Waals surface area contributed by atoms with E-state index in [9.17, 15) is 13.2 Å². The van der Waals surface area contributed by atoms with Crippen LogP contribution >= 0.6 is 0 Å². The lowest BCUT2D eigenvalue weighted by atomic mass is 9.96. The first-order chi connectivity index (χ1) is 12.2. The lowest BCUT2D eigenvalue weighted by Gasteiger charge is -2.32. The Morgan fingerprint density at radius 3 is 2.19 bits per heavy atom. The summed E-state index contributed by atoms with van der Waals surface area (Å²) in [5.41, 5.74) is 0.963. The molecule has 0 aliphatic carbocycles. The highest BCUT2D eigenvalue weighted by Crippen LogP contribution is 2.22. The van der Waals surface area contributed by atoms with Crippen molar-refractivity contribution in [2.45, 2.75) is 72.4 Å². The van der Waals surface area contributed by atoms with Gasteiger partial charge in [-0.25, -0.2) is 0 Å². The zero-order valence-corrected chi connectivity index (χ0v) is 17.5. The first-order valence-corrected chi connectivity index (χ1v) is 11.3. The van der Waals surface area contributed by atoms with E-state index in [1.165, 1.54) is 0 Å². The monoisotopic (exact) mass is 383 g/mol. The molecule has 1 aromatic carbocycles. The van der Waals surface area contributed by atoms with E-state index in [2.05, 4.69) is 27.7 Å². The van der Waals surface area contributed by atoms with Crippen LogP contribution in [0.4, 0.5) is 0 Å². The van der Waals surface area contributed by atoms with Crippen molar-refractivity contribution in [1.29, 1.82) is 0 Å². The minimum absolute atomic E-state index is 0.0665. The molecule has 5 nitrogen and oxygen atoms in total. The van der Waals surface area contributed by atoms with Crippen molar-refractivity contribution in [2.75, 3.05) is 6.26 Å². The second-order valence-electron chi connectivity index (χ2n) is 6.90. The molecule has 26 heavy (non-hydrogen) atoms. The lowest BCUT2D eigenvalue weighted by molar-refractivity contribution is -0.138. The highest BCUT2D eigenvalue weighted by Gasteiger charge is 2.25. The number of benzene rings is 1. The lowest BCUT2D eigenvalue weighted by Crippen LogP contribution is -2.41. The molecule has 2 atom stereocenters. The Balaban J connectivity index is 2.92. The second-order valence-corrected chi connectivity index (χ2v) is 8.48. The highest BCUT2D eigenvalue weighted by molar-refractivity contribution is 7.86. The number of hydrogen-bond acceptors (Lipinski definition) is 4. The number of carbonyl (C=O) groups excluding carboxylic acids is 1. The molecule has 0 aliphatic heterocycles. The molecule has 2 unspecified atom stereocenters. The van der Waals surface area contributed by atoms with Gasteiger partial charge in [-0.05, 0) is 43.9 Å². The summed E-state index contributed by atoms with van der Waals surface area (Å²) in [5, 5.41) is 0. The van der Waals surface area contributed by atoms with E-state index >= 15 is 0 Å². The maximum absolute atomic E-state index is 13.1. The van der Waals surface area contributed by atoms with E-state index in [0.29, 0.717) is 6.54 Å². The number of carbonyl (C=O) groups is 1. The molecule has 0 fully saturated rings. The predicted octanol–water partition coefficient (Wildman–Crippen LogP) is 4.37. The average molecular weight is 384 g/mol. The summed E-state index contributed by atoms with van der Waals surface area (Å²) in [4.78, 5) is 15.0. The van der Waals surface area contributed by atoms with E-state index in [1.54, 1.807) is 12.1 Å². The quantitative estimate of drug-likeness (QED) is 0.532. The van der Waals surface area contributed by atoms with Crippen LogP contribution in [0.1, 0.15) is 65.4 Å². The Morgan fingerprint density at radius 2 is 1.73 bits per heavy atom. The standard InChI is InChI=1S/C20H33NO4S/c1-6-9-10-18(8-3)20(22)21(16(4)7-2)15-17-11-13-19(14-12-17)25-26(5,23)24/h11-14,16,18H,6-10,15H2,1-5H3. The third-order valence-electron chi connectivity index (χ3n) is 4.68. The van der Waals surface area contributed by atoms with Crippen LogP contribution in [0.25, 0.3) is 0 Å². The van der Waals surface area contributed by atoms with Gasteiger partial charge in [-0.15, -0.1) is 0 Å². The van der Waals surface area contributed by atoms with Crippen LogP contribution in [0.2, 0.25) is 0 Å². The fourth-order valence-corrected chi connectivity index (χ4v) is 3.34. The second kappa shape index (κ2) is 10.6. The summed E-state index contributed by atoms with van der Waals surface area (Å²) in [6, 6.07) is 7.05. The number of amides is 1. The summed E-state index contributed by atoms with van der Waals surface area (Å²) >= 11 is 0. The van der Waals surface area contributed by atoms with E-state index in [4.69, 9.17) is 4.18 Å². The summed E-state index contributed by atoms with van der Waals surface area (Å²) < 4.78 is 27.3. The van der Waals surface area contributed by atoms with Gasteiger partial charge in [0.25, 0.3) is 0 Å².